The molecule has 1 aromatic rings. The predicted molar refractivity (Wildman–Crippen MR) is 89.0 cm³/mol. The number of benzene rings is 1. The van der Waals surface area contributed by atoms with E-state index < -0.39 is 0 Å². The van der Waals surface area contributed by atoms with Crippen molar-refractivity contribution in [3.63, 3.8) is 0 Å². The molecular weight excluding hydrogens is 310 g/mol. The number of hydrogen-bond acceptors (Lipinski definition) is 1. The van der Waals surface area contributed by atoms with Gasteiger partial charge in [0.1, 0.15) is 0 Å². The monoisotopic (exact) mass is 335 g/mol. The van der Waals surface area contributed by atoms with Gasteiger partial charge in [-0.25, -0.2) is 0 Å². The van der Waals surface area contributed by atoms with Gasteiger partial charge in [-0.3, -0.25) is 0 Å². The molecule has 3 atom stereocenters. The summed E-state index contributed by atoms with van der Waals surface area (Å²) in [6.07, 6.45) is 6.81. The van der Waals surface area contributed by atoms with E-state index in [1.54, 1.807) is 0 Å². The van der Waals surface area contributed by atoms with Crippen LogP contribution in [-0.2, 0) is 0 Å². The Labute approximate surface area is 131 Å². The van der Waals surface area contributed by atoms with Gasteiger partial charge in [-0.15, -0.1) is 0 Å². The van der Waals surface area contributed by atoms with E-state index in [4.69, 9.17) is 0 Å². The highest BCUT2D eigenvalue weighted by Crippen LogP contribution is 2.39. The van der Waals surface area contributed by atoms with Crippen LogP contribution < -0.4 is 5.32 Å². The van der Waals surface area contributed by atoms with E-state index in [0.29, 0.717) is 0 Å². The van der Waals surface area contributed by atoms with Crippen LogP contribution in [0.2, 0.25) is 0 Å². The number of rotatable bonds is 3. The topological polar surface area (TPSA) is 12.0 Å². The molecule has 110 valence electrons. The van der Waals surface area contributed by atoms with E-state index in [0.717, 1.165) is 29.8 Å². The summed E-state index contributed by atoms with van der Waals surface area (Å²) in [5, 5.41) is 3.93. The zero-order chi connectivity index (χ0) is 14.1. The van der Waals surface area contributed by atoms with E-state index in [1.165, 1.54) is 42.1 Å². The lowest BCUT2D eigenvalue weighted by atomic mass is 9.73. The Kier molecular flexibility index (Phi) is 4.52. The van der Waals surface area contributed by atoms with Gasteiger partial charge in [-0.05, 0) is 67.6 Å². The average molecular weight is 336 g/mol. The minimum absolute atomic E-state index is 0.750. The van der Waals surface area contributed by atoms with Crippen LogP contribution in [0.3, 0.4) is 0 Å². The van der Waals surface area contributed by atoms with Crippen LogP contribution in [0.25, 0.3) is 0 Å². The Hall–Kier alpha value is -0.340. The summed E-state index contributed by atoms with van der Waals surface area (Å²) >= 11 is 3.58. The van der Waals surface area contributed by atoms with Gasteiger partial charge in [0.15, 0.2) is 0 Å². The molecule has 0 aromatic heterocycles. The van der Waals surface area contributed by atoms with E-state index in [2.05, 4.69) is 59.4 Å². The van der Waals surface area contributed by atoms with Crippen LogP contribution in [0.5, 0.6) is 0 Å². The highest BCUT2D eigenvalue weighted by molar-refractivity contribution is 9.10. The highest BCUT2D eigenvalue weighted by Gasteiger charge is 2.34. The molecule has 2 aliphatic carbocycles. The molecule has 0 saturated heterocycles. The van der Waals surface area contributed by atoms with Crippen molar-refractivity contribution in [1.29, 1.82) is 0 Å². The normalized spacial score (nSPS) is 37.5. The fourth-order valence-electron chi connectivity index (χ4n) is 4.00. The fourth-order valence-corrected chi connectivity index (χ4v) is 4.42. The molecular formula is C18H26BrN. The van der Waals surface area contributed by atoms with Crippen molar-refractivity contribution in [3.05, 3.63) is 34.3 Å². The average Bonchev–Trinajstić information content (AvgIpc) is 2.35. The van der Waals surface area contributed by atoms with Gasteiger partial charge in [-0.1, -0.05) is 41.9 Å². The number of hydrogen-bond donors (Lipinski definition) is 1. The third-order valence-corrected chi connectivity index (χ3v) is 5.83. The lowest BCUT2D eigenvalue weighted by molar-refractivity contribution is 0.176. The first-order valence-corrected chi connectivity index (χ1v) is 8.92. The Morgan fingerprint density at radius 2 is 1.90 bits per heavy atom. The van der Waals surface area contributed by atoms with Crippen LogP contribution in [0, 0.1) is 11.8 Å². The SMILES string of the molecule is CC1CCC(NC2CC(c3cccc(Br)c3)C2)C(C)C1. The van der Waals surface area contributed by atoms with Crippen molar-refractivity contribution in [3.8, 4) is 0 Å². The molecule has 2 heteroatoms. The molecule has 2 aliphatic rings. The molecule has 2 saturated carbocycles. The van der Waals surface area contributed by atoms with E-state index in [-0.39, 0.29) is 0 Å². The molecule has 0 heterocycles. The molecule has 0 aliphatic heterocycles. The van der Waals surface area contributed by atoms with Gasteiger partial charge >= 0.3 is 0 Å². The van der Waals surface area contributed by atoms with Crippen molar-refractivity contribution in [2.75, 3.05) is 0 Å². The third kappa shape index (κ3) is 3.28. The maximum atomic E-state index is 3.93. The van der Waals surface area contributed by atoms with Gasteiger partial charge in [0.05, 0.1) is 0 Å². The molecule has 2 fully saturated rings. The van der Waals surface area contributed by atoms with Crippen molar-refractivity contribution in [2.24, 2.45) is 11.8 Å². The molecule has 1 nitrogen and oxygen atoms in total. The second-order valence-corrected chi connectivity index (χ2v) is 8.00. The van der Waals surface area contributed by atoms with Gasteiger partial charge in [0.25, 0.3) is 0 Å². The van der Waals surface area contributed by atoms with Gasteiger partial charge in [0.2, 0.25) is 0 Å². The number of halogens is 1. The Morgan fingerprint density at radius 3 is 2.60 bits per heavy atom. The maximum absolute atomic E-state index is 3.93. The Bertz CT molecular complexity index is 452. The minimum Gasteiger partial charge on any atom is -0.311 e. The lowest BCUT2D eigenvalue weighted by Crippen LogP contribution is -2.49. The molecule has 1 N–H and O–H groups in total. The summed E-state index contributed by atoms with van der Waals surface area (Å²) in [4.78, 5) is 0. The van der Waals surface area contributed by atoms with E-state index in [1.807, 2.05) is 0 Å². The molecule has 0 amide bonds. The van der Waals surface area contributed by atoms with E-state index in [9.17, 15) is 0 Å². The fraction of sp³-hybridized carbons (Fsp3) is 0.667. The maximum Gasteiger partial charge on any atom is 0.0178 e. The van der Waals surface area contributed by atoms with Crippen molar-refractivity contribution < 1.29 is 0 Å². The van der Waals surface area contributed by atoms with Crippen molar-refractivity contribution in [2.45, 2.75) is 64.0 Å². The van der Waals surface area contributed by atoms with Crippen LogP contribution in [-0.4, -0.2) is 12.1 Å². The minimum atomic E-state index is 0.750. The Morgan fingerprint density at radius 1 is 1.10 bits per heavy atom. The molecule has 3 unspecified atom stereocenters. The lowest BCUT2D eigenvalue weighted by Gasteiger charge is -2.42. The first-order chi connectivity index (χ1) is 9.61. The molecule has 0 radical (unpaired) electrons. The zero-order valence-electron chi connectivity index (χ0n) is 12.6. The quantitative estimate of drug-likeness (QED) is 0.809. The van der Waals surface area contributed by atoms with Crippen LogP contribution in [0.1, 0.15) is 57.4 Å². The van der Waals surface area contributed by atoms with E-state index >= 15 is 0 Å². The molecule has 20 heavy (non-hydrogen) atoms. The highest BCUT2D eigenvalue weighted by atomic mass is 79.9. The molecule has 1 aromatic carbocycles. The summed E-state index contributed by atoms with van der Waals surface area (Å²) in [6.45, 7) is 4.83. The molecule has 3 rings (SSSR count). The van der Waals surface area contributed by atoms with Crippen LogP contribution in [0.4, 0.5) is 0 Å². The summed E-state index contributed by atoms with van der Waals surface area (Å²) in [5.74, 6) is 2.55. The summed E-state index contributed by atoms with van der Waals surface area (Å²) in [6, 6.07) is 10.3. The van der Waals surface area contributed by atoms with Crippen LogP contribution >= 0.6 is 15.9 Å². The second-order valence-electron chi connectivity index (χ2n) is 7.09. The van der Waals surface area contributed by atoms with Gasteiger partial charge in [0, 0.05) is 16.6 Å². The molecule has 0 bridgehead atoms. The van der Waals surface area contributed by atoms with Crippen molar-refractivity contribution >= 4 is 15.9 Å². The first kappa shape index (κ1) is 14.6. The van der Waals surface area contributed by atoms with Crippen LogP contribution in [0.15, 0.2) is 28.7 Å². The standard InChI is InChI=1S/C18H26BrN/c1-12-6-7-18(13(2)8-12)20-17-10-15(11-17)14-4-3-5-16(19)9-14/h3-5,9,12-13,15,17-18,20H,6-8,10-11H2,1-2H3. The number of nitrogens with one attached hydrogen (secondary N) is 1. The summed E-state index contributed by atoms with van der Waals surface area (Å²) < 4.78 is 1.21. The third-order valence-electron chi connectivity index (χ3n) is 5.34. The van der Waals surface area contributed by atoms with Gasteiger partial charge < -0.3 is 5.32 Å². The largest absolute Gasteiger partial charge is 0.311 e. The van der Waals surface area contributed by atoms with Gasteiger partial charge in [-0.2, -0.15) is 0 Å². The Balaban J connectivity index is 1.49. The summed E-state index contributed by atoms with van der Waals surface area (Å²) in [5.41, 5.74) is 1.50. The molecule has 0 spiro atoms. The smallest absolute Gasteiger partial charge is 0.0178 e. The van der Waals surface area contributed by atoms with Crippen molar-refractivity contribution in [1.82, 2.24) is 5.32 Å². The second kappa shape index (κ2) is 6.19. The summed E-state index contributed by atoms with van der Waals surface area (Å²) in [7, 11) is 0. The predicted octanol–water partition coefficient (Wildman–Crippen LogP) is 5.11. The zero-order valence-corrected chi connectivity index (χ0v) is 14.2. The first-order valence-electron chi connectivity index (χ1n) is 8.13.